The third-order valence-corrected chi connectivity index (χ3v) is 3.39. The van der Waals surface area contributed by atoms with E-state index in [1.165, 1.54) is 24.1 Å². The maximum atomic E-state index is 4.55. The van der Waals surface area contributed by atoms with Crippen LogP contribution in [-0.2, 0) is 5.41 Å². The maximum Gasteiger partial charge on any atom is 0.0576 e. The Morgan fingerprint density at radius 1 is 1.29 bits per heavy atom. The molecule has 0 unspecified atom stereocenters. The van der Waals surface area contributed by atoms with E-state index in [4.69, 9.17) is 0 Å². The molecule has 0 bridgehead atoms. The average molecular weight is 186 g/mol. The van der Waals surface area contributed by atoms with Crippen molar-refractivity contribution in [2.75, 3.05) is 13.1 Å². The third kappa shape index (κ3) is 1.04. The zero-order chi connectivity index (χ0) is 9.43. The summed E-state index contributed by atoms with van der Waals surface area (Å²) in [5.74, 6) is 0. The summed E-state index contributed by atoms with van der Waals surface area (Å²) in [4.78, 5) is 4.55. The number of nitrogens with one attached hydrogen (secondary N) is 1. The van der Waals surface area contributed by atoms with Gasteiger partial charge in [0, 0.05) is 11.6 Å². The van der Waals surface area contributed by atoms with Crippen LogP contribution in [0, 0.1) is 0 Å². The molecule has 72 valence electrons. The van der Waals surface area contributed by atoms with Gasteiger partial charge in [0.1, 0.15) is 0 Å². The van der Waals surface area contributed by atoms with Crippen LogP contribution in [0.4, 0.5) is 0 Å². The van der Waals surface area contributed by atoms with Gasteiger partial charge in [0.25, 0.3) is 0 Å². The van der Waals surface area contributed by atoms with Crippen LogP contribution >= 0.6 is 0 Å². The summed E-state index contributed by atoms with van der Waals surface area (Å²) in [5.41, 5.74) is 2.86. The fourth-order valence-corrected chi connectivity index (χ4v) is 2.57. The van der Waals surface area contributed by atoms with E-state index in [0.29, 0.717) is 0 Å². The smallest absolute Gasteiger partial charge is 0.0576 e. The second-order valence-electron chi connectivity index (χ2n) is 4.18. The number of hydrogen-bond donors (Lipinski definition) is 1. The van der Waals surface area contributed by atoms with Crippen molar-refractivity contribution in [1.29, 1.82) is 0 Å². The number of fused-ring (bicyclic) bond motifs is 2. The molecule has 1 spiro atoms. The molecular weight excluding hydrogens is 172 g/mol. The second-order valence-corrected chi connectivity index (χ2v) is 4.18. The molecule has 2 heterocycles. The van der Waals surface area contributed by atoms with Gasteiger partial charge in [-0.2, -0.15) is 0 Å². The Kier molecular flexibility index (Phi) is 1.71. The first kappa shape index (κ1) is 8.18. The summed E-state index contributed by atoms with van der Waals surface area (Å²) < 4.78 is 0. The monoisotopic (exact) mass is 186 g/mol. The van der Waals surface area contributed by atoms with Crippen molar-refractivity contribution < 1.29 is 0 Å². The zero-order valence-electron chi connectivity index (χ0n) is 8.16. The van der Waals surface area contributed by atoms with Gasteiger partial charge in [-0.25, -0.2) is 0 Å². The van der Waals surface area contributed by atoms with Crippen molar-refractivity contribution in [2.24, 2.45) is 0 Å². The van der Waals surface area contributed by atoms with E-state index < -0.39 is 0 Å². The van der Waals surface area contributed by atoms with Gasteiger partial charge in [-0.05, 0) is 37.6 Å². The molecule has 2 nitrogen and oxygen atoms in total. The molecule has 1 N–H and O–H groups in total. The number of rotatable bonds is 0. The predicted molar refractivity (Wildman–Crippen MR) is 57.1 cm³/mol. The van der Waals surface area contributed by atoms with Gasteiger partial charge in [0.2, 0.25) is 0 Å². The molecule has 0 atom stereocenters. The predicted octanol–water partition coefficient (Wildman–Crippen LogP) is 1.73. The highest BCUT2D eigenvalue weighted by atomic mass is 14.9. The minimum atomic E-state index is 0.252. The van der Waals surface area contributed by atoms with E-state index in [9.17, 15) is 0 Å². The number of hydrogen-bond acceptors (Lipinski definition) is 2. The summed E-state index contributed by atoms with van der Waals surface area (Å²) in [7, 11) is 0. The highest BCUT2D eigenvalue weighted by molar-refractivity contribution is 5.62. The Labute approximate surface area is 84.1 Å². The third-order valence-electron chi connectivity index (χ3n) is 3.39. The molecule has 1 saturated heterocycles. The van der Waals surface area contributed by atoms with Crippen LogP contribution in [0.2, 0.25) is 0 Å². The Morgan fingerprint density at radius 2 is 2.14 bits per heavy atom. The molecule has 0 radical (unpaired) electrons. The van der Waals surface area contributed by atoms with E-state index in [1.54, 1.807) is 0 Å². The molecule has 14 heavy (non-hydrogen) atoms. The minimum Gasteiger partial charge on any atom is -0.317 e. The number of pyridine rings is 1. The van der Waals surface area contributed by atoms with Crippen LogP contribution in [0.5, 0.6) is 0 Å². The molecule has 1 fully saturated rings. The molecule has 0 aromatic carbocycles. The van der Waals surface area contributed by atoms with E-state index in [0.717, 1.165) is 13.1 Å². The summed E-state index contributed by atoms with van der Waals surface area (Å²) >= 11 is 0. The van der Waals surface area contributed by atoms with Crippen molar-refractivity contribution in [3.8, 4) is 0 Å². The van der Waals surface area contributed by atoms with Crippen molar-refractivity contribution >= 4 is 6.08 Å². The van der Waals surface area contributed by atoms with Gasteiger partial charge >= 0.3 is 0 Å². The van der Waals surface area contributed by atoms with E-state index in [2.05, 4.69) is 28.5 Å². The fraction of sp³-hybridized carbons (Fsp3) is 0.417. The van der Waals surface area contributed by atoms with Gasteiger partial charge in [0.05, 0.1) is 5.69 Å². The van der Waals surface area contributed by atoms with Crippen LogP contribution in [0.15, 0.2) is 24.4 Å². The molecule has 3 rings (SSSR count). The lowest BCUT2D eigenvalue weighted by Gasteiger charge is -2.32. The molecular formula is C12H14N2. The molecule has 1 aliphatic heterocycles. The highest BCUT2D eigenvalue weighted by Gasteiger charge is 2.36. The van der Waals surface area contributed by atoms with Crippen molar-refractivity contribution in [2.45, 2.75) is 18.3 Å². The van der Waals surface area contributed by atoms with Gasteiger partial charge in [-0.3, -0.25) is 4.98 Å². The first-order valence-corrected chi connectivity index (χ1v) is 5.26. The summed E-state index contributed by atoms with van der Waals surface area (Å²) in [6.07, 6.45) is 8.87. The van der Waals surface area contributed by atoms with Gasteiger partial charge in [-0.1, -0.05) is 18.2 Å². The number of aromatic nitrogens is 1. The van der Waals surface area contributed by atoms with Crippen molar-refractivity contribution in [1.82, 2.24) is 10.3 Å². The molecule has 2 aliphatic rings. The van der Waals surface area contributed by atoms with Crippen molar-refractivity contribution in [3.63, 3.8) is 0 Å². The van der Waals surface area contributed by atoms with E-state index in [1.807, 2.05) is 12.3 Å². The lowest BCUT2D eigenvalue weighted by atomic mass is 9.78. The normalized spacial score (nSPS) is 22.6. The molecule has 0 saturated carbocycles. The SMILES string of the molecule is C1=CC2(CCNCC2)c2ncccc21. The first-order valence-electron chi connectivity index (χ1n) is 5.26. The quantitative estimate of drug-likeness (QED) is 0.667. The van der Waals surface area contributed by atoms with Crippen LogP contribution in [0.25, 0.3) is 6.08 Å². The Morgan fingerprint density at radius 3 is 3.00 bits per heavy atom. The summed E-state index contributed by atoms with van der Waals surface area (Å²) in [6.45, 7) is 2.22. The van der Waals surface area contributed by atoms with Gasteiger partial charge < -0.3 is 5.32 Å². The van der Waals surface area contributed by atoms with Crippen LogP contribution in [0.3, 0.4) is 0 Å². The Hall–Kier alpha value is -1.15. The van der Waals surface area contributed by atoms with E-state index in [-0.39, 0.29) is 5.41 Å². The summed E-state index contributed by atoms with van der Waals surface area (Å²) in [5, 5.41) is 3.41. The molecule has 2 heteroatoms. The summed E-state index contributed by atoms with van der Waals surface area (Å²) in [6, 6.07) is 4.18. The lowest BCUT2D eigenvalue weighted by Crippen LogP contribution is -2.38. The average Bonchev–Trinajstić information content (AvgIpc) is 2.60. The van der Waals surface area contributed by atoms with Crippen LogP contribution < -0.4 is 5.32 Å². The van der Waals surface area contributed by atoms with Crippen molar-refractivity contribution in [3.05, 3.63) is 35.7 Å². The lowest BCUT2D eigenvalue weighted by molar-refractivity contribution is 0.371. The second kappa shape index (κ2) is 2.92. The molecule has 1 aliphatic carbocycles. The van der Waals surface area contributed by atoms with E-state index >= 15 is 0 Å². The highest BCUT2D eigenvalue weighted by Crippen LogP contribution is 2.40. The minimum absolute atomic E-state index is 0.252. The van der Waals surface area contributed by atoms with Gasteiger partial charge in [-0.15, -0.1) is 0 Å². The zero-order valence-corrected chi connectivity index (χ0v) is 8.16. The Balaban J connectivity index is 2.07. The largest absolute Gasteiger partial charge is 0.317 e. The maximum absolute atomic E-state index is 4.55. The number of allylic oxidation sites excluding steroid dienone is 1. The standard InChI is InChI=1S/C12H14N2/c1-2-10-3-4-12(11(10)14-7-1)5-8-13-9-6-12/h1-4,7,13H,5-6,8-9H2. The molecule has 1 aromatic heterocycles. The topological polar surface area (TPSA) is 24.9 Å². The molecule has 1 aromatic rings. The fourth-order valence-electron chi connectivity index (χ4n) is 2.57. The van der Waals surface area contributed by atoms with Crippen LogP contribution in [0.1, 0.15) is 24.1 Å². The Bertz CT molecular complexity index is 376. The number of piperidine rings is 1. The van der Waals surface area contributed by atoms with Gasteiger partial charge in [0.15, 0.2) is 0 Å². The molecule has 0 amide bonds. The van der Waals surface area contributed by atoms with Crippen LogP contribution in [-0.4, -0.2) is 18.1 Å². The number of nitrogens with zero attached hydrogens (tertiary/aromatic N) is 1. The first-order chi connectivity index (χ1) is 6.91.